The van der Waals surface area contributed by atoms with Gasteiger partial charge in [0.15, 0.2) is 0 Å². The van der Waals surface area contributed by atoms with Crippen molar-refractivity contribution in [2.45, 2.75) is 4.90 Å². The van der Waals surface area contributed by atoms with E-state index in [1.165, 1.54) is 18.3 Å². The summed E-state index contributed by atoms with van der Waals surface area (Å²) in [4.78, 5) is 3.67. The van der Waals surface area contributed by atoms with Crippen LogP contribution in [0.25, 0.3) is 0 Å². The minimum Gasteiger partial charge on any atom is -0.395 e. The average molecular weight is 356 g/mol. The predicted octanol–water partition coefficient (Wildman–Crippen LogP) is 1.67. The number of rotatable bonds is 6. The van der Waals surface area contributed by atoms with E-state index in [9.17, 15) is 8.42 Å². The molecule has 0 saturated carbocycles. The monoisotopic (exact) mass is 354 g/mol. The van der Waals surface area contributed by atoms with E-state index in [1.807, 2.05) is 0 Å². The highest BCUT2D eigenvalue weighted by atomic mass is 79.9. The van der Waals surface area contributed by atoms with Crippen LogP contribution in [0.15, 0.2) is 34.3 Å². The Balaban J connectivity index is 3.25. The van der Waals surface area contributed by atoms with Gasteiger partial charge in [0.25, 0.3) is 0 Å². The van der Waals surface area contributed by atoms with Gasteiger partial charge in [-0.05, 0) is 22.0 Å². The number of sulfonamides is 1. The fraction of sp³-hybridized carbons (Fsp3) is 0.300. The molecular weight excluding hydrogens is 344 g/mol. The molecule has 0 atom stereocenters. The summed E-state index contributed by atoms with van der Waals surface area (Å²) in [6.45, 7) is 3.26. The lowest BCUT2D eigenvalue weighted by atomic mass is 10.5. The molecule has 0 aromatic carbocycles. The van der Waals surface area contributed by atoms with Gasteiger partial charge in [-0.25, -0.2) is 13.4 Å². The van der Waals surface area contributed by atoms with Gasteiger partial charge in [0.1, 0.15) is 10.0 Å². The first-order valence-electron chi connectivity index (χ1n) is 4.96. The van der Waals surface area contributed by atoms with Gasteiger partial charge >= 0.3 is 0 Å². The molecule has 0 aliphatic carbocycles. The Bertz CT molecular complexity index is 536. The number of pyridine rings is 1. The maximum Gasteiger partial charge on any atom is 0.246 e. The van der Waals surface area contributed by atoms with Crippen molar-refractivity contribution in [2.75, 3.05) is 19.7 Å². The smallest absolute Gasteiger partial charge is 0.246 e. The predicted molar refractivity (Wildman–Crippen MR) is 73.0 cm³/mol. The highest BCUT2D eigenvalue weighted by Gasteiger charge is 2.26. The number of hydrogen-bond donors (Lipinski definition) is 1. The molecular formula is C10H12BrClN2O3S. The minimum atomic E-state index is -3.80. The number of aliphatic hydroxyl groups excluding tert-OH is 1. The van der Waals surface area contributed by atoms with E-state index in [-0.39, 0.29) is 29.7 Å². The van der Waals surface area contributed by atoms with E-state index in [4.69, 9.17) is 16.7 Å². The SMILES string of the molecule is C=CCN(CCO)S(=O)(=O)c1cc(Br)cnc1Cl. The molecule has 1 aromatic heterocycles. The Labute approximate surface area is 119 Å². The van der Waals surface area contributed by atoms with Gasteiger partial charge in [-0.1, -0.05) is 17.7 Å². The average Bonchev–Trinajstić information content (AvgIpc) is 2.32. The highest BCUT2D eigenvalue weighted by molar-refractivity contribution is 9.10. The van der Waals surface area contributed by atoms with Crippen molar-refractivity contribution in [2.24, 2.45) is 0 Å². The van der Waals surface area contributed by atoms with Crippen molar-refractivity contribution in [1.29, 1.82) is 0 Å². The molecule has 0 saturated heterocycles. The van der Waals surface area contributed by atoms with Gasteiger partial charge in [0.05, 0.1) is 6.61 Å². The number of hydrogen-bond acceptors (Lipinski definition) is 4. The highest BCUT2D eigenvalue weighted by Crippen LogP contribution is 2.25. The number of nitrogens with zero attached hydrogens (tertiary/aromatic N) is 2. The van der Waals surface area contributed by atoms with Crippen LogP contribution in [0.1, 0.15) is 0 Å². The Kier molecular flexibility index (Phi) is 5.74. The second kappa shape index (κ2) is 6.63. The van der Waals surface area contributed by atoms with E-state index >= 15 is 0 Å². The van der Waals surface area contributed by atoms with Crippen LogP contribution in [0.4, 0.5) is 0 Å². The minimum absolute atomic E-state index is 0.0306. The van der Waals surface area contributed by atoms with Crippen molar-refractivity contribution in [3.05, 3.63) is 34.5 Å². The lowest BCUT2D eigenvalue weighted by Crippen LogP contribution is -2.34. The third-order valence-corrected chi connectivity index (χ3v) is 4.80. The molecule has 0 amide bonds. The topological polar surface area (TPSA) is 70.5 Å². The van der Waals surface area contributed by atoms with Crippen LogP contribution < -0.4 is 0 Å². The lowest BCUT2D eigenvalue weighted by Gasteiger charge is -2.20. The molecule has 0 spiro atoms. The normalized spacial score (nSPS) is 11.8. The first-order valence-corrected chi connectivity index (χ1v) is 7.57. The number of aromatic nitrogens is 1. The lowest BCUT2D eigenvalue weighted by molar-refractivity contribution is 0.260. The maximum absolute atomic E-state index is 12.3. The fourth-order valence-corrected chi connectivity index (χ4v) is 3.61. The molecule has 1 rings (SSSR count). The summed E-state index contributed by atoms with van der Waals surface area (Å²) < 4.78 is 26.2. The van der Waals surface area contributed by atoms with Gasteiger partial charge in [-0.2, -0.15) is 4.31 Å². The van der Waals surface area contributed by atoms with Crippen LogP contribution in [0.5, 0.6) is 0 Å². The van der Waals surface area contributed by atoms with Gasteiger partial charge in [-0.15, -0.1) is 6.58 Å². The molecule has 0 bridgehead atoms. The number of halogens is 2. The van der Waals surface area contributed by atoms with E-state index < -0.39 is 10.0 Å². The second-order valence-corrected chi connectivity index (χ2v) is 6.50. The fourth-order valence-electron chi connectivity index (χ4n) is 1.29. The van der Waals surface area contributed by atoms with Crippen molar-refractivity contribution < 1.29 is 13.5 Å². The molecule has 0 fully saturated rings. The molecule has 0 unspecified atom stereocenters. The van der Waals surface area contributed by atoms with E-state index in [2.05, 4.69) is 27.5 Å². The zero-order chi connectivity index (χ0) is 13.8. The van der Waals surface area contributed by atoms with Crippen LogP contribution in [0.3, 0.4) is 0 Å². The van der Waals surface area contributed by atoms with Gasteiger partial charge in [0.2, 0.25) is 10.0 Å². The molecule has 0 aliphatic heterocycles. The molecule has 1 aromatic rings. The largest absolute Gasteiger partial charge is 0.395 e. The molecule has 0 radical (unpaired) electrons. The first-order chi connectivity index (χ1) is 8.43. The van der Waals surface area contributed by atoms with Gasteiger partial charge in [-0.3, -0.25) is 0 Å². The summed E-state index contributed by atoms with van der Waals surface area (Å²) in [7, 11) is -3.80. The summed E-state index contributed by atoms with van der Waals surface area (Å²) in [5.74, 6) is 0. The summed E-state index contributed by atoms with van der Waals surface area (Å²) in [6, 6.07) is 1.37. The standard InChI is InChI=1S/C10H12BrClN2O3S/c1-2-3-14(4-5-15)18(16,17)9-6-8(11)7-13-10(9)12/h2,6-7,15H,1,3-5H2. The van der Waals surface area contributed by atoms with Crippen LogP contribution in [-0.4, -0.2) is 42.5 Å². The first kappa shape index (κ1) is 15.6. The van der Waals surface area contributed by atoms with Crippen LogP contribution in [-0.2, 0) is 10.0 Å². The molecule has 8 heteroatoms. The quantitative estimate of drug-likeness (QED) is 0.622. The summed E-state index contributed by atoms with van der Waals surface area (Å²) in [5, 5.41) is 8.79. The van der Waals surface area contributed by atoms with Crippen molar-refractivity contribution in [3.63, 3.8) is 0 Å². The Morgan fingerprint density at radius 3 is 2.83 bits per heavy atom. The Morgan fingerprint density at radius 1 is 1.61 bits per heavy atom. The Hall–Kier alpha value is -0.470. The second-order valence-electron chi connectivity index (χ2n) is 3.32. The van der Waals surface area contributed by atoms with E-state index in [0.29, 0.717) is 4.47 Å². The van der Waals surface area contributed by atoms with E-state index in [1.54, 1.807) is 0 Å². The van der Waals surface area contributed by atoms with Crippen LogP contribution >= 0.6 is 27.5 Å². The molecule has 0 aliphatic rings. The zero-order valence-electron chi connectivity index (χ0n) is 9.38. The third kappa shape index (κ3) is 3.52. The van der Waals surface area contributed by atoms with Crippen LogP contribution in [0, 0.1) is 0 Å². The molecule has 100 valence electrons. The third-order valence-electron chi connectivity index (χ3n) is 2.07. The van der Waals surface area contributed by atoms with Crippen LogP contribution in [0.2, 0.25) is 5.15 Å². The van der Waals surface area contributed by atoms with Gasteiger partial charge in [0, 0.05) is 23.8 Å². The summed E-state index contributed by atoms with van der Waals surface area (Å²) >= 11 is 8.94. The van der Waals surface area contributed by atoms with E-state index in [0.717, 1.165) is 4.31 Å². The summed E-state index contributed by atoms with van der Waals surface area (Å²) in [5.41, 5.74) is 0. The summed E-state index contributed by atoms with van der Waals surface area (Å²) in [6.07, 6.45) is 2.85. The number of aliphatic hydroxyl groups is 1. The zero-order valence-corrected chi connectivity index (χ0v) is 12.5. The molecule has 1 heterocycles. The van der Waals surface area contributed by atoms with Crippen molar-refractivity contribution in [1.82, 2.24) is 9.29 Å². The Morgan fingerprint density at radius 2 is 2.28 bits per heavy atom. The molecule has 18 heavy (non-hydrogen) atoms. The van der Waals surface area contributed by atoms with Crippen molar-refractivity contribution in [3.8, 4) is 0 Å². The van der Waals surface area contributed by atoms with Crippen molar-refractivity contribution >= 4 is 37.6 Å². The maximum atomic E-state index is 12.3. The molecule has 5 nitrogen and oxygen atoms in total. The van der Waals surface area contributed by atoms with Gasteiger partial charge < -0.3 is 5.11 Å². The molecule has 1 N–H and O–H groups in total.